The largest absolute Gasteiger partial charge is 0.481 e. The third-order valence-electron chi connectivity index (χ3n) is 5.40. The van der Waals surface area contributed by atoms with Gasteiger partial charge in [-0.2, -0.15) is 0 Å². The summed E-state index contributed by atoms with van der Waals surface area (Å²) in [6.07, 6.45) is 6.67. The van der Waals surface area contributed by atoms with Gasteiger partial charge in [0, 0.05) is 30.1 Å². The minimum atomic E-state index is -3.75. The highest BCUT2D eigenvalue weighted by atomic mass is 32.2. The number of carbonyl (C=O) groups is 1. The first kappa shape index (κ1) is 23.2. The lowest BCUT2D eigenvalue weighted by molar-refractivity contribution is -0.137. The van der Waals surface area contributed by atoms with E-state index < -0.39 is 16.0 Å². The van der Waals surface area contributed by atoms with Crippen LogP contribution in [0.5, 0.6) is 0 Å². The van der Waals surface area contributed by atoms with E-state index in [2.05, 4.69) is 9.71 Å². The molecule has 0 bridgehead atoms. The molecule has 2 N–H and O–H groups in total. The highest BCUT2D eigenvalue weighted by molar-refractivity contribution is 7.92. The van der Waals surface area contributed by atoms with Gasteiger partial charge in [0.15, 0.2) is 0 Å². The number of anilines is 1. The zero-order valence-electron chi connectivity index (χ0n) is 18.4. The number of fused-ring (bicyclic) bond motifs is 1. The molecule has 0 unspecified atom stereocenters. The molecule has 3 aromatic carbocycles. The molecule has 0 saturated heterocycles. The van der Waals surface area contributed by atoms with Crippen LogP contribution in [0.1, 0.15) is 30.4 Å². The van der Waals surface area contributed by atoms with Crippen LogP contribution in [0.3, 0.4) is 0 Å². The van der Waals surface area contributed by atoms with Crippen molar-refractivity contribution >= 4 is 38.0 Å². The maximum absolute atomic E-state index is 12.9. The van der Waals surface area contributed by atoms with Gasteiger partial charge in [-0.3, -0.25) is 14.5 Å². The number of nitrogens with zero attached hydrogens (tertiary/aromatic N) is 1. The third-order valence-corrected chi connectivity index (χ3v) is 6.77. The van der Waals surface area contributed by atoms with Crippen molar-refractivity contribution < 1.29 is 18.3 Å². The van der Waals surface area contributed by atoms with Crippen LogP contribution in [-0.4, -0.2) is 24.5 Å². The van der Waals surface area contributed by atoms with Gasteiger partial charge in [0.25, 0.3) is 10.0 Å². The Labute approximate surface area is 198 Å². The Morgan fingerprint density at radius 1 is 0.912 bits per heavy atom. The summed E-state index contributed by atoms with van der Waals surface area (Å²) in [6.45, 7) is 0. The summed E-state index contributed by atoms with van der Waals surface area (Å²) in [7, 11) is -3.75. The number of unbranched alkanes of at least 4 members (excludes halogenated alkanes) is 1. The summed E-state index contributed by atoms with van der Waals surface area (Å²) in [5.74, 6) is -0.820. The van der Waals surface area contributed by atoms with Gasteiger partial charge in [-0.05, 0) is 65.1 Å². The van der Waals surface area contributed by atoms with Gasteiger partial charge in [0.05, 0.1) is 4.90 Å². The highest BCUT2D eigenvalue weighted by Gasteiger charge is 2.15. The number of carboxylic acid groups (broad SMARTS) is 1. The van der Waals surface area contributed by atoms with E-state index in [9.17, 15) is 13.2 Å². The fourth-order valence-corrected chi connectivity index (χ4v) is 4.78. The van der Waals surface area contributed by atoms with Gasteiger partial charge < -0.3 is 5.11 Å². The van der Waals surface area contributed by atoms with Gasteiger partial charge in [0.2, 0.25) is 0 Å². The quantitative estimate of drug-likeness (QED) is 0.304. The number of allylic oxidation sites excluding steroid dienone is 1. The molecule has 0 atom stereocenters. The number of carboxylic acids is 1. The minimum Gasteiger partial charge on any atom is -0.481 e. The molecule has 0 saturated carbocycles. The Hall–Kier alpha value is -3.97. The molecule has 0 aliphatic heterocycles. The number of hydrogen-bond acceptors (Lipinski definition) is 4. The number of hydrogen-bond donors (Lipinski definition) is 2. The van der Waals surface area contributed by atoms with Gasteiger partial charge in [-0.25, -0.2) is 8.42 Å². The molecule has 0 spiro atoms. The van der Waals surface area contributed by atoms with Crippen LogP contribution >= 0.6 is 0 Å². The molecule has 0 fully saturated rings. The highest BCUT2D eigenvalue weighted by Crippen LogP contribution is 2.27. The van der Waals surface area contributed by atoms with E-state index in [-0.39, 0.29) is 11.3 Å². The van der Waals surface area contributed by atoms with E-state index in [1.807, 2.05) is 54.6 Å². The molecule has 4 aromatic rings. The van der Waals surface area contributed by atoms with Crippen molar-refractivity contribution in [1.29, 1.82) is 0 Å². The summed E-state index contributed by atoms with van der Waals surface area (Å²) in [5.41, 5.74) is 3.16. The Morgan fingerprint density at radius 2 is 1.68 bits per heavy atom. The molecule has 0 radical (unpaired) electrons. The lowest BCUT2D eigenvalue weighted by Crippen LogP contribution is -2.12. The second-order valence-corrected chi connectivity index (χ2v) is 9.52. The average Bonchev–Trinajstić information content (AvgIpc) is 2.84. The number of benzene rings is 3. The van der Waals surface area contributed by atoms with Gasteiger partial charge >= 0.3 is 5.97 Å². The Bertz CT molecular complexity index is 1430. The van der Waals surface area contributed by atoms with Crippen LogP contribution in [0.25, 0.3) is 16.3 Å². The van der Waals surface area contributed by atoms with Gasteiger partial charge in [-0.15, -0.1) is 0 Å². The van der Waals surface area contributed by atoms with Crippen molar-refractivity contribution in [1.82, 2.24) is 4.98 Å². The molecule has 0 aliphatic rings. The van der Waals surface area contributed by atoms with Gasteiger partial charge in [-0.1, -0.05) is 54.6 Å². The van der Waals surface area contributed by atoms with E-state index in [0.717, 1.165) is 27.5 Å². The topological polar surface area (TPSA) is 96.4 Å². The summed E-state index contributed by atoms with van der Waals surface area (Å²) in [5, 5.41) is 10.7. The lowest BCUT2D eigenvalue weighted by Gasteiger charge is -2.12. The average molecular weight is 473 g/mol. The molecule has 0 aliphatic carbocycles. The van der Waals surface area contributed by atoms with E-state index in [0.29, 0.717) is 18.5 Å². The van der Waals surface area contributed by atoms with Crippen molar-refractivity contribution in [3.8, 4) is 0 Å². The monoisotopic (exact) mass is 472 g/mol. The number of aromatic nitrogens is 1. The maximum Gasteiger partial charge on any atom is 0.303 e. The second-order valence-electron chi connectivity index (χ2n) is 7.84. The van der Waals surface area contributed by atoms with Crippen molar-refractivity contribution in [2.24, 2.45) is 0 Å². The fourth-order valence-electron chi connectivity index (χ4n) is 3.69. The zero-order chi connectivity index (χ0) is 24.0. The molecular formula is C27H24N2O4S. The molecular weight excluding hydrogens is 448 g/mol. The van der Waals surface area contributed by atoms with Gasteiger partial charge in [0.1, 0.15) is 0 Å². The van der Waals surface area contributed by atoms with Crippen LogP contribution in [0.2, 0.25) is 0 Å². The normalized spacial score (nSPS) is 11.9. The molecule has 7 heteroatoms. The van der Waals surface area contributed by atoms with E-state index >= 15 is 0 Å². The second kappa shape index (κ2) is 10.3. The Kier molecular flexibility index (Phi) is 7.04. The number of rotatable bonds is 9. The van der Waals surface area contributed by atoms with E-state index in [1.165, 1.54) is 0 Å². The smallest absolute Gasteiger partial charge is 0.303 e. The predicted octanol–water partition coefficient (Wildman–Crippen LogP) is 5.72. The van der Waals surface area contributed by atoms with Crippen LogP contribution in [0.15, 0.2) is 102 Å². The van der Waals surface area contributed by atoms with Crippen LogP contribution < -0.4 is 4.72 Å². The molecule has 1 heterocycles. The maximum atomic E-state index is 12.9. The first-order valence-corrected chi connectivity index (χ1v) is 12.4. The number of aliphatic carboxylic acids is 1. The molecule has 172 valence electrons. The summed E-state index contributed by atoms with van der Waals surface area (Å²) < 4.78 is 28.5. The lowest BCUT2D eigenvalue weighted by atomic mass is 9.97. The molecule has 0 amide bonds. The molecule has 1 aromatic heterocycles. The summed E-state index contributed by atoms with van der Waals surface area (Å²) >= 11 is 0. The van der Waals surface area contributed by atoms with Crippen molar-refractivity contribution in [3.05, 3.63) is 108 Å². The van der Waals surface area contributed by atoms with Crippen molar-refractivity contribution in [2.75, 3.05) is 4.72 Å². The fraction of sp³-hybridized carbons (Fsp3) is 0.111. The Balaban J connectivity index is 1.56. The predicted molar refractivity (Wildman–Crippen MR) is 134 cm³/mol. The minimum absolute atomic E-state index is 0.103. The summed E-state index contributed by atoms with van der Waals surface area (Å²) in [6, 6.07) is 23.6. The number of pyridine rings is 1. The van der Waals surface area contributed by atoms with Crippen LogP contribution in [0, 0.1) is 0 Å². The number of sulfonamides is 1. The Morgan fingerprint density at radius 3 is 2.38 bits per heavy atom. The SMILES string of the molecule is O=C(O)CCCC=C(c1ccc(NS(=O)(=O)c2ccc3ccccc3c2)cc1)c1cccnc1. The standard InChI is InChI=1S/C27H24N2O4S/c30-27(31)10-4-3-9-26(23-8-5-17-28-19-23)21-11-14-24(15-12-21)29-34(32,33)25-16-13-20-6-1-2-7-22(20)18-25/h1-2,5-9,11-19,29H,3-4,10H2,(H,30,31). The van der Waals surface area contributed by atoms with E-state index in [4.69, 9.17) is 5.11 Å². The third kappa shape index (κ3) is 5.68. The first-order valence-electron chi connectivity index (χ1n) is 10.9. The summed E-state index contributed by atoms with van der Waals surface area (Å²) in [4.78, 5) is 15.2. The van der Waals surface area contributed by atoms with Crippen molar-refractivity contribution in [3.63, 3.8) is 0 Å². The van der Waals surface area contributed by atoms with Crippen molar-refractivity contribution in [2.45, 2.75) is 24.2 Å². The first-order chi connectivity index (χ1) is 16.4. The molecule has 4 rings (SSSR count). The zero-order valence-corrected chi connectivity index (χ0v) is 19.2. The molecule has 6 nitrogen and oxygen atoms in total. The van der Waals surface area contributed by atoms with E-state index in [1.54, 1.807) is 42.7 Å². The van der Waals surface area contributed by atoms with Crippen LogP contribution in [-0.2, 0) is 14.8 Å². The molecule has 34 heavy (non-hydrogen) atoms. The number of nitrogens with one attached hydrogen (secondary N) is 1. The van der Waals surface area contributed by atoms with Crippen LogP contribution in [0.4, 0.5) is 5.69 Å².